The second-order valence-electron chi connectivity index (χ2n) is 9.67. The van der Waals surface area contributed by atoms with Gasteiger partial charge in [0.25, 0.3) is 11.8 Å². The number of amides is 3. The average Bonchev–Trinajstić information content (AvgIpc) is 2.96. The third-order valence-corrected chi connectivity index (χ3v) is 6.44. The van der Waals surface area contributed by atoms with Crippen LogP contribution in [0.1, 0.15) is 20.3 Å². The van der Waals surface area contributed by atoms with Crippen LogP contribution < -0.4 is 24.8 Å². The van der Waals surface area contributed by atoms with Crippen molar-refractivity contribution >= 4 is 52.3 Å². The first-order valence-corrected chi connectivity index (χ1v) is 12.8. The lowest BCUT2D eigenvalue weighted by Gasteiger charge is -2.26. The van der Waals surface area contributed by atoms with Gasteiger partial charge in [0.1, 0.15) is 5.75 Å². The van der Waals surface area contributed by atoms with Gasteiger partial charge in [-0.25, -0.2) is 4.79 Å². The van der Waals surface area contributed by atoms with Crippen molar-refractivity contribution in [1.29, 1.82) is 0 Å². The molecular weight excluding hydrogens is 504 g/mol. The highest BCUT2D eigenvalue weighted by Crippen LogP contribution is 2.40. The zero-order valence-corrected chi connectivity index (χ0v) is 22.6. The molecule has 1 aliphatic heterocycles. The molecule has 1 N–H and O–H groups in total. The van der Waals surface area contributed by atoms with Gasteiger partial charge in [-0.05, 0) is 54.8 Å². The van der Waals surface area contributed by atoms with Crippen LogP contribution in [0.15, 0.2) is 72.8 Å². The van der Waals surface area contributed by atoms with Gasteiger partial charge in [0.2, 0.25) is 0 Å². The Labute approximate surface area is 227 Å². The summed E-state index contributed by atoms with van der Waals surface area (Å²) in [7, 11) is 3.74. The normalized spacial score (nSPS) is 15.3. The molecule has 1 atom stereocenters. The van der Waals surface area contributed by atoms with E-state index in [1.54, 1.807) is 60.7 Å². The van der Waals surface area contributed by atoms with Crippen LogP contribution in [0.2, 0.25) is 5.02 Å². The molecule has 0 saturated carbocycles. The molecule has 3 aromatic carbocycles. The van der Waals surface area contributed by atoms with E-state index < -0.39 is 23.9 Å². The summed E-state index contributed by atoms with van der Waals surface area (Å²) < 4.78 is 5.48. The molecule has 0 aliphatic carbocycles. The number of hydrogen-bond acceptors (Lipinski definition) is 5. The van der Waals surface area contributed by atoms with Crippen LogP contribution in [0.25, 0.3) is 0 Å². The Morgan fingerprint density at radius 3 is 2.39 bits per heavy atom. The summed E-state index contributed by atoms with van der Waals surface area (Å²) in [6.07, 6.45) is -0.223. The number of anilines is 4. The molecule has 3 aromatic rings. The van der Waals surface area contributed by atoms with Crippen LogP contribution in [-0.2, 0) is 9.59 Å². The molecule has 8 nitrogen and oxygen atoms in total. The van der Waals surface area contributed by atoms with Crippen LogP contribution in [0.4, 0.5) is 27.5 Å². The molecule has 1 unspecified atom stereocenters. The first-order chi connectivity index (χ1) is 18.2. The van der Waals surface area contributed by atoms with Crippen molar-refractivity contribution in [3.63, 3.8) is 0 Å². The van der Waals surface area contributed by atoms with Gasteiger partial charge >= 0.3 is 6.09 Å². The number of rotatable bonds is 7. The minimum absolute atomic E-state index is 0.286. The lowest BCUT2D eigenvalue weighted by molar-refractivity contribution is -0.128. The van der Waals surface area contributed by atoms with Gasteiger partial charge in [-0.2, -0.15) is 0 Å². The first-order valence-electron chi connectivity index (χ1n) is 12.4. The number of nitrogens with zero attached hydrogens (tertiary/aromatic N) is 3. The number of halogens is 1. The molecule has 4 rings (SSSR count). The van der Waals surface area contributed by atoms with E-state index >= 15 is 0 Å². The third kappa shape index (κ3) is 5.92. The summed E-state index contributed by atoms with van der Waals surface area (Å²) in [5.74, 6) is -0.573. The predicted molar refractivity (Wildman–Crippen MR) is 151 cm³/mol. The maximum Gasteiger partial charge on any atom is 0.413 e. The van der Waals surface area contributed by atoms with E-state index in [0.29, 0.717) is 41.0 Å². The molecule has 1 aliphatic rings. The minimum atomic E-state index is -1.52. The Hall–Kier alpha value is -4.04. The third-order valence-electron chi connectivity index (χ3n) is 6.20. The van der Waals surface area contributed by atoms with E-state index in [-0.39, 0.29) is 5.75 Å². The molecule has 1 heterocycles. The molecule has 198 valence electrons. The smallest absolute Gasteiger partial charge is 0.410 e. The minimum Gasteiger partial charge on any atom is -0.410 e. The van der Waals surface area contributed by atoms with Gasteiger partial charge in [0.05, 0.1) is 11.4 Å². The topological polar surface area (TPSA) is 82.2 Å². The summed E-state index contributed by atoms with van der Waals surface area (Å²) in [6.45, 7) is 4.45. The van der Waals surface area contributed by atoms with Crippen LogP contribution >= 0.6 is 11.6 Å². The van der Waals surface area contributed by atoms with Crippen molar-refractivity contribution in [2.45, 2.75) is 26.3 Å². The van der Waals surface area contributed by atoms with Crippen molar-refractivity contribution in [2.75, 3.05) is 35.3 Å². The molecule has 0 aromatic heterocycles. The zero-order chi connectivity index (χ0) is 27.4. The average molecular weight is 535 g/mol. The monoisotopic (exact) mass is 534 g/mol. The Bertz CT molecular complexity index is 1330. The predicted octanol–water partition coefficient (Wildman–Crippen LogP) is 5.62. The van der Waals surface area contributed by atoms with Gasteiger partial charge in [0.15, 0.2) is 6.04 Å². The second-order valence-corrected chi connectivity index (χ2v) is 10.1. The van der Waals surface area contributed by atoms with E-state index in [4.69, 9.17) is 16.3 Å². The van der Waals surface area contributed by atoms with Crippen molar-refractivity contribution in [3.8, 4) is 5.75 Å². The summed E-state index contributed by atoms with van der Waals surface area (Å²) in [5.41, 5.74) is 2.38. The summed E-state index contributed by atoms with van der Waals surface area (Å²) >= 11 is 6.35. The van der Waals surface area contributed by atoms with Crippen LogP contribution in [0, 0.1) is 5.92 Å². The molecule has 3 amide bonds. The van der Waals surface area contributed by atoms with E-state index in [2.05, 4.69) is 19.2 Å². The van der Waals surface area contributed by atoms with Gasteiger partial charge in [-0.3, -0.25) is 14.5 Å². The van der Waals surface area contributed by atoms with Crippen molar-refractivity contribution in [3.05, 3.63) is 77.8 Å². The summed E-state index contributed by atoms with van der Waals surface area (Å²) in [4.78, 5) is 45.7. The Morgan fingerprint density at radius 2 is 1.71 bits per heavy atom. The highest BCUT2D eigenvalue weighted by molar-refractivity contribution is 6.32. The summed E-state index contributed by atoms with van der Waals surface area (Å²) in [5, 5.41) is 2.96. The zero-order valence-electron chi connectivity index (χ0n) is 21.8. The molecule has 38 heavy (non-hydrogen) atoms. The Balaban J connectivity index is 1.73. The molecule has 0 fully saturated rings. The maximum absolute atomic E-state index is 14.0. The molecule has 0 radical (unpaired) electrons. The number of ether oxygens (including phenoxy) is 1. The number of fused-ring (bicyclic) bond motifs is 1. The second kappa shape index (κ2) is 11.6. The Morgan fingerprint density at radius 1 is 0.974 bits per heavy atom. The molecular formula is C29H31ClN4O4. The van der Waals surface area contributed by atoms with Gasteiger partial charge in [-0.1, -0.05) is 49.7 Å². The number of hydrogen-bond donors (Lipinski definition) is 1. The summed E-state index contributed by atoms with van der Waals surface area (Å²) in [6, 6.07) is 19.5. The molecule has 0 bridgehead atoms. The largest absolute Gasteiger partial charge is 0.413 e. The van der Waals surface area contributed by atoms with Gasteiger partial charge in [-0.15, -0.1) is 0 Å². The lowest BCUT2D eigenvalue weighted by atomic mass is 10.1. The van der Waals surface area contributed by atoms with Gasteiger partial charge < -0.3 is 19.9 Å². The molecule has 0 saturated heterocycles. The fourth-order valence-electron chi connectivity index (χ4n) is 4.19. The number of nitrogens with one attached hydrogen (secondary N) is 1. The molecule has 0 spiro atoms. The van der Waals surface area contributed by atoms with Crippen molar-refractivity contribution in [1.82, 2.24) is 5.32 Å². The SMILES string of the molecule is CC(C)CCN1C(=O)C(NC(=O)Oc2cccc(N(C)C)c2)C(=O)N(c2ccccc2)c2ccc(Cl)cc21. The Kier molecular flexibility index (Phi) is 8.22. The van der Waals surface area contributed by atoms with Crippen molar-refractivity contribution < 1.29 is 19.1 Å². The first kappa shape index (κ1) is 27.0. The number of benzene rings is 3. The maximum atomic E-state index is 14.0. The van der Waals surface area contributed by atoms with Crippen molar-refractivity contribution in [2.24, 2.45) is 5.92 Å². The van der Waals surface area contributed by atoms with Gasteiger partial charge in [0, 0.05) is 43.1 Å². The fourth-order valence-corrected chi connectivity index (χ4v) is 4.36. The number of para-hydroxylation sites is 1. The lowest BCUT2D eigenvalue weighted by Crippen LogP contribution is -2.55. The van der Waals surface area contributed by atoms with Crippen LogP contribution in [0.3, 0.4) is 0 Å². The van der Waals surface area contributed by atoms with Crippen LogP contribution in [-0.4, -0.2) is 44.6 Å². The van der Waals surface area contributed by atoms with E-state index in [1.165, 1.54) is 9.80 Å². The van der Waals surface area contributed by atoms with E-state index in [1.807, 2.05) is 31.1 Å². The van der Waals surface area contributed by atoms with E-state index in [9.17, 15) is 14.4 Å². The highest BCUT2D eigenvalue weighted by atomic mass is 35.5. The number of carbonyl (C=O) groups excluding carboxylic acids is 3. The molecule has 9 heteroatoms. The van der Waals surface area contributed by atoms with E-state index in [0.717, 1.165) is 5.69 Å². The number of carbonyl (C=O) groups is 3. The van der Waals surface area contributed by atoms with Crippen LogP contribution in [0.5, 0.6) is 5.75 Å². The highest BCUT2D eigenvalue weighted by Gasteiger charge is 2.42. The quantitative estimate of drug-likeness (QED) is 0.398. The standard InChI is InChI=1S/C29H31ClN4O4/c1-19(2)15-16-33-25-17-20(30)13-14-24(25)34(21-9-6-5-7-10-21)28(36)26(27(33)35)31-29(37)38-23-12-8-11-22(18-23)32(3)4/h5-14,17-19,26H,15-16H2,1-4H3,(H,31,37). The fraction of sp³-hybridized carbons (Fsp3) is 0.276.